The normalized spacial score (nSPS) is 12.8. The highest BCUT2D eigenvalue weighted by molar-refractivity contribution is 6.16. The third kappa shape index (κ3) is 2.35. The lowest BCUT2D eigenvalue weighted by Crippen LogP contribution is -2.11. The van der Waals surface area contributed by atoms with Gasteiger partial charge in [0.2, 0.25) is 11.8 Å². The lowest BCUT2D eigenvalue weighted by Gasteiger charge is -2.13. The van der Waals surface area contributed by atoms with E-state index >= 15 is 0 Å². The van der Waals surface area contributed by atoms with Gasteiger partial charge in [-0.15, -0.1) is 11.6 Å². The number of aromatic nitrogens is 4. The molecule has 110 valence electrons. The highest BCUT2D eigenvalue weighted by Crippen LogP contribution is 2.27. The largest absolute Gasteiger partial charge is 0.481 e. The van der Waals surface area contributed by atoms with Crippen LogP contribution in [0.3, 0.4) is 0 Å². The molecule has 7 heteroatoms. The van der Waals surface area contributed by atoms with Gasteiger partial charge in [0.1, 0.15) is 23.1 Å². The lowest BCUT2D eigenvalue weighted by molar-refractivity contribution is 0.396. The number of halogens is 1. The molecule has 3 aromatic heterocycles. The Kier molecular flexibility index (Phi) is 3.55. The quantitative estimate of drug-likeness (QED) is 0.693. The third-order valence-corrected chi connectivity index (χ3v) is 3.54. The number of oxazole rings is 1. The number of hydrogen-bond donors (Lipinski definition) is 0. The maximum Gasteiger partial charge on any atom is 0.217 e. The average molecular weight is 307 g/mol. The first kappa shape index (κ1) is 13.9. The summed E-state index contributed by atoms with van der Waals surface area (Å²) >= 11 is 6.02. The van der Waals surface area contributed by atoms with Gasteiger partial charge in [0, 0.05) is 6.07 Å². The smallest absolute Gasteiger partial charge is 0.217 e. The number of imidazole rings is 1. The van der Waals surface area contributed by atoms with Crippen molar-refractivity contribution in [1.29, 1.82) is 0 Å². The molecule has 0 aliphatic heterocycles. The number of methoxy groups -OCH3 is 1. The summed E-state index contributed by atoms with van der Waals surface area (Å²) in [6.07, 6.45) is 1.69. The van der Waals surface area contributed by atoms with Crippen LogP contribution < -0.4 is 4.74 Å². The summed E-state index contributed by atoms with van der Waals surface area (Å²) in [5.74, 6) is 2.89. The number of nitrogens with zero attached hydrogens (tertiary/aromatic N) is 4. The molecule has 0 amide bonds. The molecule has 0 saturated heterocycles. The van der Waals surface area contributed by atoms with Crippen molar-refractivity contribution in [2.45, 2.75) is 25.8 Å². The number of pyridine rings is 1. The Labute approximate surface area is 126 Å². The topological polar surface area (TPSA) is 66.0 Å². The fraction of sp³-hybridized carbons (Fsp3) is 0.357. The van der Waals surface area contributed by atoms with E-state index in [9.17, 15) is 0 Å². The van der Waals surface area contributed by atoms with Crippen LogP contribution in [0.2, 0.25) is 0 Å². The van der Waals surface area contributed by atoms with Gasteiger partial charge in [-0.05, 0) is 19.9 Å². The molecule has 3 rings (SSSR count). The van der Waals surface area contributed by atoms with Gasteiger partial charge in [0.25, 0.3) is 0 Å². The van der Waals surface area contributed by atoms with Gasteiger partial charge in [-0.1, -0.05) is 0 Å². The molecule has 0 aliphatic carbocycles. The van der Waals surface area contributed by atoms with Crippen LogP contribution in [0.15, 0.2) is 22.7 Å². The maximum atomic E-state index is 6.02. The Morgan fingerprint density at radius 3 is 2.81 bits per heavy atom. The van der Waals surface area contributed by atoms with Crippen molar-refractivity contribution >= 4 is 22.8 Å². The Morgan fingerprint density at radius 1 is 1.38 bits per heavy atom. The molecule has 1 atom stereocenters. The second-order valence-corrected chi connectivity index (χ2v) is 4.98. The van der Waals surface area contributed by atoms with Crippen molar-refractivity contribution in [3.8, 4) is 5.88 Å². The van der Waals surface area contributed by atoms with Gasteiger partial charge in [0.05, 0.1) is 19.2 Å². The van der Waals surface area contributed by atoms with Crippen LogP contribution in [0, 0.1) is 6.92 Å². The van der Waals surface area contributed by atoms with Gasteiger partial charge in [-0.2, -0.15) is 4.98 Å². The molecule has 3 heterocycles. The summed E-state index contributed by atoms with van der Waals surface area (Å²) in [6, 6.07) is 3.48. The van der Waals surface area contributed by atoms with Crippen LogP contribution in [0.5, 0.6) is 5.88 Å². The predicted octanol–water partition coefficient (Wildman–Crippen LogP) is 3.08. The summed E-state index contributed by atoms with van der Waals surface area (Å²) in [7, 11) is 1.58. The van der Waals surface area contributed by atoms with Gasteiger partial charge < -0.3 is 9.15 Å². The molecule has 6 nitrogen and oxygen atoms in total. The Bertz CT molecular complexity index is 780. The highest BCUT2D eigenvalue weighted by Gasteiger charge is 2.21. The number of fused-ring (bicyclic) bond motifs is 1. The molecule has 0 radical (unpaired) electrons. The van der Waals surface area contributed by atoms with E-state index in [1.807, 2.05) is 24.5 Å². The van der Waals surface area contributed by atoms with Gasteiger partial charge in [-0.25, -0.2) is 9.97 Å². The number of ether oxygens (including phenoxy) is 1. The van der Waals surface area contributed by atoms with Crippen LogP contribution in [0.4, 0.5) is 0 Å². The molecule has 0 saturated carbocycles. The molecular weight excluding hydrogens is 292 g/mol. The van der Waals surface area contributed by atoms with E-state index in [1.54, 1.807) is 19.4 Å². The molecule has 0 bridgehead atoms. The van der Waals surface area contributed by atoms with Gasteiger partial charge >= 0.3 is 0 Å². The minimum atomic E-state index is -0.156. The first-order valence-electron chi connectivity index (χ1n) is 6.54. The minimum Gasteiger partial charge on any atom is -0.481 e. The third-order valence-electron chi connectivity index (χ3n) is 3.30. The van der Waals surface area contributed by atoms with E-state index in [-0.39, 0.29) is 11.9 Å². The average Bonchev–Trinajstić information content (AvgIpc) is 3.08. The zero-order valence-corrected chi connectivity index (χ0v) is 12.8. The van der Waals surface area contributed by atoms with E-state index in [1.165, 1.54) is 0 Å². The minimum absolute atomic E-state index is 0.156. The van der Waals surface area contributed by atoms with Gasteiger partial charge in [-0.3, -0.25) is 4.57 Å². The van der Waals surface area contributed by atoms with Crippen molar-refractivity contribution in [3.05, 3.63) is 35.8 Å². The number of hydrogen-bond acceptors (Lipinski definition) is 5. The zero-order valence-electron chi connectivity index (χ0n) is 12.0. The Morgan fingerprint density at radius 2 is 2.19 bits per heavy atom. The van der Waals surface area contributed by atoms with E-state index in [0.717, 1.165) is 17.1 Å². The predicted molar refractivity (Wildman–Crippen MR) is 78.7 cm³/mol. The molecule has 3 aromatic rings. The fourth-order valence-corrected chi connectivity index (χ4v) is 2.48. The van der Waals surface area contributed by atoms with E-state index in [0.29, 0.717) is 17.4 Å². The molecule has 0 aromatic carbocycles. The summed E-state index contributed by atoms with van der Waals surface area (Å²) in [6.45, 7) is 3.84. The van der Waals surface area contributed by atoms with E-state index < -0.39 is 0 Å². The van der Waals surface area contributed by atoms with Crippen LogP contribution in [-0.2, 0) is 5.88 Å². The van der Waals surface area contributed by atoms with Crippen molar-refractivity contribution in [2.75, 3.05) is 7.11 Å². The zero-order chi connectivity index (χ0) is 15.0. The lowest BCUT2D eigenvalue weighted by atomic mass is 10.3. The molecule has 1 unspecified atom stereocenters. The Balaban J connectivity index is 2.18. The SMILES string of the molecule is COc1ccc2nc(CCl)n(C(C)c3ncc(C)o3)c2n1. The first-order valence-corrected chi connectivity index (χ1v) is 7.07. The molecule has 0 spiro atoms. The molecule has 21 heavy (non-hydrogen) atoms. The standard InChI is InChI=1S/C14H15ClN4O2/c1-8-7-16-14(21-8)9(2)19-11(6-15)17-10-4-5-12(20-3)18-13(10)19/h4-5,7,9H,6H2,1-3H3. The summed E-state index contributed by atoms with van der Waals surface area (Å²) < 4.78 is 12.7. The van der Waals surface area contributed by atoms with Crippen LogP contribution >= 0.6 is 11.6 Å². The molecular formula is C14H15ClN4O2. The number of aryl methyl sites for hydroxylation is 1. The van der Waals surface area contributed by atoms with Crippen LogP contribution in [0.25, 0.3) is 11.2 Å². The second-order valence-electron chi connectivity index (χ2n) is 4.71. The summed E-state index contributed by atoms with van der Waals surface area (Å²) in [4.78, 5) is 13.2. The van der Waals surface area contributed by atoms with Gasteiger partial charge in [0.15, 0.2) is 5.65 Å². The fourth-order valence-electron chi connectivity index (χ4n) is 2.29. The number of rotatable bonds is 4. The summed E-state index contributed by atoms with van der Waals surface area (Å²) in [5.41, 5.74) is 1.47. The van der Waals surface area contributed by atoms with Crippen molar-refractivity contribution in [3.63, 3.8) is 0 Å². The first-order chi connectivity index (χ1) is 10.1. The van der Waals surface area contributed by atoms with E-state index in [4.69, 9.17) is 20.8 Å². The van der Waals surface area contributed by atoms with Crippen LogP contribution in [-0.4, -0.2) is 26.6 Å². The number of alkyl halides is 1. The molecule has 0 aliphatic rings. The van der Waals surface area contributed by atoms with Crippen molar-refractivity contribution < 1.29 is 9.15 Å². The molecule has 0 fully saturated rings. The van der Waals surface area contributed by atoms with Crippen molar-refractivity contribution in [2.24, 2.45) is 0 Å². The van der Waals surface area contributed by atoms with E-state index in [2.05, 4.69) is 15.0 Å². The second kappa shape index (κ2) is 5.37. The van der Waals surface area contributed by atoms with Crippen molar-refractivity contribution in [1.82, 2.24) is 19.5 Å². The molecule has 0 N–H and O–H groups in total. The summed E-state index contributed by atoms with van der Waals surface area (Å²) in [5, 5.41) is 0. The monoisotopic (exact) mass is 306 g/mol. The maximum absolute atomic E-state index is 6.02. The Hall–Kier alpha value is -2.08. The van der Waals surface area contributed by atoms with Crippen LogP contribution in [0.1, 0.15) is 30.4 Å². The highest BCUT2D eigenvalue weighted by atomic mass is 35.5.